The van der Waals surface area contributed by atoms with Crippen LogP contribution in [0.5, 0.6) is 0 Å². The van der Waals surface area contributed by atoms with Gasteiger partial charge in [0.05, 0.1) is 24.5 Å². The van der Waals surface area contributed by atoms with E-state index in [1.54, 1.807) is 24.3 Å². The molecule has 35 heavy (non-hydrogen) atoms. The first kappa shape index (κ1) is 22.3. The molecule has 2 aliphatic rings. The molecule has 180 valence electrons. The van der Waals surface area contributed by atoms with Crippen molar-refractivity contribution in [3.8, 4) is 5.82 Å². The van der Waals surface area contributed by atoms with Gasteiger partial charge in [0, 0.05) is 19.6 Å². The van der Waals surface area contributed by atoms with Gasteiger partial charge in [-0.25, -0.2) is 10.1 Å². The van der Waals surface area contributed by atoms with Crippen molar-refractivity contribution in [3.05, 3.63) is 41.2 Å². The Morgan fingerprint density at radius 1 is 1.20 bits per heavy atom. The number of nitrogens with one attached hydrogen (secondary N) is 1. The van der Waals surface area contributed by atoms with Crippen LogP contribution in [-0.2, 0) is 16.1 Å². The van der Waals surface area contributed by atoms with Gasteiger partial charge in [0.1, 0.15) is 11.5 Å². The summed E-state index contributed by atoms with van der Waals surface area (Å²) in [5.41, 5.74) is 9.22. The van der Waals surface area contributed by atoms with Gasteiger partial charge in [0.25, 0.3) is 11.7 Å². The molecule has 4 heterocycles. The molecule has 3 aromatic rings. The molecule has 2 amide bonds. The maximum Gasteiger partial charge on any atom is 0.305 e. The van der Waals surface area contributed by atoms with Crippen LogP contribution in [0.15, 0.2) is 34.0 Å². The molecular weight excluding hydrogens is 460 g/mol. The standard InChI is InChI=1S/C20H20N10O5/c1-11(29-14-5-3-2-4-12(14)16(31)20(29)33)22-24-19(32)15-13(10-28-6-8-34-9-7-28)23-27-30(15)18-17(21)25-35-26-18/h2-5H,6-10H2,1H3,(H2,21,25)(H,24,32)/b22-11-. The van der Waals surface area contributed by atoms with Gasteiger partial charge < -0.3 is 10.5 Å². The number of anilines is 2. The summed E-state index contributed by atoms with van der Waals surface area (Å²) in [5.74, 6) is -2.09. The second kappa shape index (κ2) is 9.03. The average molecular weight is 480 g/mol. The summed E-state index contributed by atoms with van der Waals surface area (Å²) < 4.78 is 11.1. The smallest absolute Gasteiger partial charge is 0.305 e. The molecule has 0 unspecified atom stereocenters. The minimum absolute atomic E-state index is 0.00850. The number of aromatic nitrogens is 5. The zero-order valence-electron chi connectivity index (χ0n) is 18.5. The van der Waals surface area contributed by atoms with Gasteiger partial charge in [-0.1, -0.05) is 17.3 Å². The number of fused-ring (bicyclic) bond motifs is 1. The van der Waals surface area contributed by atoms with E-state index in [0.29, 0.717) is 44.2 Å². The Morgan fingerprint density at radius 3 is 2.71 bits per heavy atom. The Bertz CT molecular complexity index is 1340. The summed E-state index contributed by atoms with van der Waals surface area (Å²) in [6.45, 7) is 4.24. The number of ketones is 1. The van der Waals surface area contributed by atoms with Gasteiger partial charge in [0.2, 0.25) is 11.6 Å². The van der Waals surface area contributed by atoms with Crippen molar-refractivity contribution >= 4 is 34.9 Å². The Morgan fingerprint density at radius 2 is 1.97 bits per heavy atom. The van der Waals surface area contributed by atoms with E-state index in [2.05, 4.69) is 40.7 Å². The van der Waals surface area contributed by atoms with Crippen molar-refractivity contribution in [1.82, 2.24) is 35.6 Å². The molecule has 0 saturated carbocycles. The molecule has 15 nitrogen and oxygen atoms in total. The summed E-state index contributed by atoms with van der Waals surface area (Å²) >= 11 is 0. The number of Topliss-reactive ketones (excluding diaryl/α,β-unsaturated/α-hetero) is 1. The number of morpholine rings is 1. The van der Waals surface area contributed by atoms with Crippen LogP contribution in [0.2, 0.25) is 0 Å². The van der Waals surface area contributed by atoms with Crippen LogP contribution in [0.4, 0.5) is 11.5 Å². The summed E-state index contributed by atoms with van der Waals surface area (Å²) in [6.07, 6.45) is 0. The molecule has 1 fully saturated rings. The van der Waals surface area contributed by atoms with Crippen LogP contribution in [0.3, 0.4) is 0 Å². The van der Waals surface area contributed by atoms with Crippen LogP contribution in [0.1, 0.15) is 33.5 Å². The third-order valence-electron chi connectivity index (χ3n) is 5.56. The first-order chi connectivity index (χ1) is 17.0. The van der Waals surface area contributed by atoms with Crippen LogP contribution < -0.4 is 16.1 Å². The Kier molecular flexibility index (Phi) is 5.76. The maximum absolute atomic E-state index is 13.3. The number of nitrogens with zero attached hydrogens (tertiary/aromatic N) is 8. The van der Waals surface area contributed by atoms with Gasteiger partial charge in [-0.2, -0.15) is 9.78 Å². The number of rotatable bonds is 5. The molecular formula is C20H20N10O5. The minimum atomic E-state index is -0.761. The lowest BCUT2D eigenvalue weighted by atomic mass is 10.1. The number of hydrogen-bond acceptors (Lipinski definition) is 12. The first-order valence-corrected chi connectivity index (χ1v) is 10.6. The molecule has 0 radical (unpaired) electrons. The van der Waals surface area contributed by atoms with Crippen molar-refractivity contribution in [1.29, 1.82) is 0 Å². The molecule has 1 saturated heterocycles. The van der Waals surface area contributed by atoms with E-state index in [0.717, 1.165) is 9.58 Å². The summed E-state index contributed by atoms with van der Waals surface area (Å²) in [5, 5.41) is 19.4. The third kappa shape index (κ3) is 4.02. The highest BCUT2D eigenvalue weighted by molar-refractivity contribution is 6.56. The van der Waals surface area contributed by atoms with Crippen molar-refractivity contribution in [2.45, 2.75) is 13.5 Å². The lowest BCUT2D eigenvalue weighted by Crippen LogP contribution is -2.37. The third-order valence-corrected chi connectivity index (χ3v) is 5.56. The maximum atomic E-state index is 13.3. The van der Waals surface area contributed by atoms with Gasteiger partial charge in [-0.3, -0.25) is 24.2 Å². The van der Waals surface area contributed by atoms with Crippen molar-refractivity contribution in [3.63, 3.8) is 0 Å². The number of carbonyl (C=O) groups is 3. The van der Waals surface area contributed by atoms with Crippen LogP contribution in [0, 0.1) is 0 Å². The zero-order chi connectivity index (χ0) is 24.5. The predicted octanol–water partition coefficient (Wildman–Crippen LogP) is -0.643. The molecule has 3 N–H and O–H groups in total. The minimum Gasteiger partial charge on any atom is -0.379 e. The summed E-state index contributed by atoms with van der Waals surface area (Å²) in [7, 11) is 0. The van der Waals surface area contributed by atoms with E-state index in [1.807, 2.05) is 0 Å². The van der Waals surface area contributed by atoms with E-state index in [4.69, 9.17) is 10.5 Å². The molecule has 0 spiro atoms. The second-order valence-electron chi connectivity index (χ2n) is 7.74. The average Bonchev–Trinajstić information content (AvgIpc) is 3.54. The van der Waals surface area contributed by atoms with E-state index < -0.39 is 17.6 Å². The molecule has 0 atom stereocenters. The fourth-order valence-corrected chi connectivity index (χ4v) is 3.85. The molecule has 0 aliphatic carbocycles. The summed E-state index contributed by atoms with van der Waals surface area (Å²) in [4.78, 5) is 41.2. The SMILES string of the molecule is C/C(=N/NC(=O)c1c(CN2CCOCC2)nnn1-c1nonc1N)N1C(=O)C(=O)c2ccccc21. The fraction of sp³-hybridized carbons (Fsp3) is 0.300. The topological polar surface area (TPSA) is 187 Å². The molecule has 1 aromatic carbocycles. The number of amidine groups is 1. The Hall–Kier alpha value is -4.50. The highest BCUT2D eigenvalue weighted by Gasteiger charge is 2.37. The molecule has 5 rings (SSSR count). The first-order valence-electron chi connectivity index (χ1n) is 10.6. The second-order valence-corrected chi connectivity index (χ2v) is 7.74. The number of benzene rings is 1. The number of nitrogen functional groups attached to an aromatic ring is 1. The van der Waals surface area contributed by atoms with Crippen molar-refractivity contribution < 1.29 is 23.7 Å². The quantitative estimate of drug-likeness (QED) is 0.205. The molecule has 2 aliphatic heterocycles. The van der Waals surface area contributed by atoms with E-state index in [1.165, 1.54) is 6.92 Å². The number of carbonyl (C=O) groups excluding carboxylic acids is 3. The van der Waals surface area contributed by atoms with Gasteiger partial charge in [-0.15, -0.1) is 5.10 Å². The Balaban J connectivity index is 1.44. The number of hydrogen-bond donors (Lipinski definition) is 2. The van der Waals surface area contributed by atoms with Gasteiger partial charge in [-0.05, 0) is 29.4 Å². The number of nitrogens with two attached hydrogens (primary N) is 1. The van der Waals surface area contributed by atoms with Crippen LogP contribution >= 0.6 is 0 Å². The number of ether oxygens (including phenoxy) is 1. The number of amides is 2. The van der Waals surface area contributed by atoms with E-state index >= 15 is 0 Å². The zero-order valence-corrected chi connectivity index (χ0v) is 18.5. The van der Waals surface area contributed by atoms with Crippen LogP contribution in [0.25, 0.3) is 5.82 Å². The van der Waals surface area contributed by atoms with E-state index in [9.17, 15) is 14.4 Å². The van der Waals surface area contributed by atoms with Crippen molar-refractivity contribution in [2.75, 3.05) is 36.9 Å². The molecule has 15 heteroatoms. The lowest BCUT2D eigenvalue weighted by molar-refractivity contribution is -0.113. The van der Waals surface area contributed by atoms with Gasteiger partial charge >= 0.3 is 5.91 Å². The van der Waals surface area contributed by atoms with E-state index in [-0.39, 0.29) is 28.7 Å². The Labute approximate surface area is 197 Å². The number of hydrazone groups is 1. The van der Waals surface area contributed by atoms with Crippen molar-refractivity contribution in [2.24, 2.45) is 5.10 Å². The molecule has 0 bridgehead atoms. The highest BCUT2D eigenvalue weighted by Crippen LogP contribution is 2.28. The summed E-state index contributed by atoms with van der Waals surface area (Å²) in [6, 6.07) is 6.54. The normalized spacial score (nSPS) is 16.6. The monoisotopic (exact) mass is 480 g/mol. The lowest BCUT2D eigenvalue weighted by Gasteiger charge is -2.25. The number of para-hydroxylation sites is 1. The molecule has 2 aromatic heterocycles. The largest absolute Gasteiger partial charge is 0.379 e. The fourth-order valence-electron chi connectivity index (χ4n) is 3.85. The highest BCUT2D eigenvalue weighted by atomic mass is 16.6. The predicted molar refractivity (Wildman–Crippen MR) is 119 cm³/mol. The van der Waals surface area contributed by atoms with Crippen LogP contribution in [-0.4, -0.2) is 79.9 Å². The van der Waals surface area contributed by atoms with Gasteiger partial charge in [0.15, 0.2) is 5.69 Å².